The van der Waals surface area contributed by atoms with E-state index in [1.165, 1.54) is 25.4 Å². The second kappa shape index (κ2) is 14.1. The summed E-state index contributed by atoms with van der Waals surface area (Å²) in [7, 11) is 1.50. The van der Waals surface area contributed by atoms with E-state index in [1.54, 1.807) is 24.3 Å². The minimum Gasteiger partial charge on any atom is -0.497 e. The Kier molecular flexibility index (Phi) is 10.9. The average Bonchev–Trinajstić information content (AvgIpc) is 2.88. The monoisotopic (exact) mass is 530 g/mol. The van der Waals surface area contributed by atoms with Gasteiger partial charge in [0.05, 0.1) is 7.11 Å². The van der Waals surface area contributed by atoms with Gasteiger partial charge in [-0.2, -0.15) is 0 Å². The zero-order chi connectivity index (χ0) is 28.2. The number of nitrogens with two attached hydrogens (primary N) is 2. The summed E-state index contributed by atoms with van der Waals surface area (Å²) < 4.78 is 34.1. The van der Waals surface area contributed by atoms with Gasteiger partial charge in [0, 0.05) is 12.7 Å². The van der Waals surface area contributed by atoms with Gasteiger partial charge in [0.25, 0.3) is 0 Å². The quantitative estimate of drug-likeness (QED) is 0.116. The Morgan fingerprint density at radius 2 is 1.79 bits per heavy atom. The molecule has 0 saturated heterocycles. The van der Waals surface area contributed by atoms with Crippen molar-refractivity contribution >= 4 is 29.4 Å². The number of pyridine rings is 1. The van der Waals surface area contributed by atoms with Crippen molar-refractivity contribution in [1.29, 1.82) is 5.41 Å². The number of aromatic carboxylic acids is 1. The van der Waals surface area contributed by atoms with E-state index in [-0.39, 0.29) is 17.3 Å². The Labute approximate surface area is 217 Å². The highest BCUT2D eigenvalue weighted by Crippen LogP contribution is 2.31. The largest absolute Gasteiger partial charge is 0.497 e. The molecule has 202 valence electrons. The number of halogens is 2. The summed E-state index contributed by atoms with van der Waals surface area (Å²) in [6, 6.07) is 11.0. The molecule has 0 aliphatic rings. The van der Waals surface area contributed by atoms with Crippen LogP contribution in [0.15, 0.2) is 54.7 Å². The van der Waals surface area contributed by atoms with Gasteiger partial charge in [-0.15, -0.1) is 0 Å². The number of guanidine groups is 1. The van der Waals surface area contributed by atoms with Crippen LogP contribution in [0.5, 0.6) is 5.75 Å². The van der Waals surface area contributed by atoms with Crippen LogP contribution in [0.4, 0.5) is 20.3 Å². The van der Waals surface area contributed by atoms with Gasteiger partial charge in [-0.25, -0.2) is 18.6 Å². The molecule has 13 heteroatoms. The number of methoxy groups -OCH3 is 1. The van der Waals surface area contributed by atoms with Crippen molar-refractivity contribution in [2.45, 2.75) is 18.9 Å². The van der Waals surface area contributed by atoms with Crippen molar-refractivity contribution in [2.24, 2.45) is 11.5 Å². The number of carboxylic acids is 2. The molecule has 0 fully saturated rings. The molecule has 0 aliphatic carbocycles. The number of nitrogens with zero attached hydrogens (tertiary/aromatic N) is 1. The molecule has 9 N–H and O–H groups in total. The van der Waals surface area contributed by atoms with E-state index in [9.17, 15) is 18.4 Å². The van der Waals surface area contributed by atoms with Crippen molar-refractivity contribution in [3.05, 3.63) is 71.9 Å². The lowest BCUT2D eigenvalue weighted by molar-refractivity contribution is -0.138. The zero-order valence-electron chi connectivity index (χ0n) is 20.4. The third kappa shape index (κ3) is 8.71. The molecule has 1 atom stereocenters. The third-order valence-electron chi connectivity index (χ3n) is 5.05. The Balaban J connectivity index is 0.000000358. The fourth-order valence-electron chi connectivity index (χ4n) is 3.13. The second-order valence-electron chi connectivity index (χ2n) is 7.80. The molecule has 3 aromatic rings. The molecular formula is C25H28F2N6O5. The molecule has 11 nitrogen and oxygen atoms in total. The Morgan fingerprint density at radius 3 is 2.37 bits per heavy atom. The molecule has 38 heavy (non-hydrogen) atoms. The fourth-order valence-corrected chi connectivity index (χ4v) is 3.13. The van der Waals surface area contributed by atoms with Crippen LogP contribution in [0.3, 0.4) is 0 Å². The van der Waals surface area contributed by atoms with E-state index in [2.05, 4.69) is 15.6 Å². The fraction of sp³-hybridized carbons (Fsp3) is 0.200. The van der Waals surface area contributed by atoms with E-state index >= 15 is 0 Å². The zero-order valence-corrected chi connectivity index (χ0v) is 20.4. The Bertz CT molecular complexity index is 1270. The first-order valence-electron chi connectivity index (χ1n) is 11.2. The predicted octanol–water partition coefficient (Wildman–Crippen LogP) is 3.14. The van der Waals surface area contributed by atoms with Gasteiger partial charge in [-0.05, 0) is 60.4 Å². The van der Waals surface area contributed by atoms with E-state index in [0.717, 1.165) is 12.1 Å². The maximum absolute atomic E-state index is 14.5. The van der Waals surface area contributed by atoms with Gasteiger partial charge in [0.1, 0.15) is 40.5 Å². The molecule has 0 amide bonds. The molecule has 0 unspecified atom stereocenters. The maximum atomic E-state index is 14.5. The van der Waals surface area contributed by atoms with E-state index in [4.69, 9.17) is 31.8 Å². The van der Waals surface area contributed by atoms with E-state index < -0.39 is 35.3 Å². The number of hydrogen-bond donors (Lipinski definition) is 7. The van der Waals surface area contributed by atoms with Gasteiger partial charge in [0.15, 0.2) is 5.96 Å². The minimum atomic E-state index is -1.26. The van der Waals surface area contributed by atoms with Crippen LogP contribution in [-0.2, 0) is 4.79 Å². The van der Waals surface area contributed by atoms with Crippen molar-refractivity contribution in [3.8, 4) is 16.9 Å². The summed E-state index contributed by atoms with van der Waals surface area (Å²) in [6.45, 7) is 0.482. The molecule has 1 heterocycles. The highest BCUT2D eigenvalue weighted by Gasteiger charge is 2.17. The van der Waals surface area contributed by atoms with E-state index in [1.807, 2.05) is 0 Å². The summed E-state index contributed by atoms with van der Waals surface area (Å²) in [5, 5.41) is 29.3. The van der Waals surface area contributed by atoms with Crippen LogP contribution in [0, 0.1) is 17.0 Å². The number of carbonyl (C=O) groups is 2. The molecule has 0 spiro atoms. The number of ether oxygens (including phenoxy) is 1. The first-order chi connectivity index (χ1) is 18.0. The van der Waals surface area contributed by atoms with Crippen molar-refractivity contribution in [1.82, 2.24) is 10.3 Å². The number of aromatic nitrogens is 1. The number of aliphatic carboxylic acids is 1. The van der Waals surface area contributed by atoms with Crippen LogP contribution in [0.2, 0.25) is 0 Å². The number of nitrogens with one attached hydrogen (secondary N) is 3. The topological polar surface area (TPSA) is 197 Å². The number of benzene rings is 2. The maximum Gasteiger partial charge on any atom is 0.339 e. The van der Waals surface area contributed by atoms with Gasteiger partial charge in [-0.3, -0.25) is 10.2 Å². The standard InChI is InChI=1S/C19H14F2N2O3.C6H14N4O2/c1-26-13-5-2-4-11(8-13)12-9-15(20)17(16(21)10-12)23-18-14(19(24)25)6-3-7-22-18;7-4(5(11)12)2-1-3-10-6(8)9/h2-10H,1H3,(H,22,23)(H,24,25);4H,1-3,7H2,(H,11,12)(H4,8,9,10)/t;4-/m.0/s1. The second-order valence-corrected chi connectivity index (χ2v) is 7.80. The van der Waals surface area contributed by atoms with Crippen LogP contribution in [0.25, 0.3) is 11.1 Å². The van der Waals surface area contributed by atoms with Crippen LogP contribution in [-0.4, -0.2) is 52.8 Å². The minimum absolute atomic E-state index is 0.112. The van der Waals surface area contributed by atoms with Gasteiger partial charge in [0.2, 0.25) is 0 Å². The van der Waals surface area contributed by atoms with Gasteiger partial charge in [-0.1, -0.05) is 12.1 Å². The molecule has 3 rings (SSSR count). The predicted molar refractivity (Wildman–Crippen MR) is 138 cm³/mol. The normalized spacial score (nSPS) is 10.9. The van der Waals surface area contributed by atoms with Crippen molar-refractivity contribution in [3.63, 3.8) is 0 Å². The first-order valence-corrected chi connectivity index (χ1v) is 11.2. The van der Waals surface area contributed by atoms with Crippen LogP contribution >= 0.6 is 0 Å². The molecule has 0 aliphatic heterocycles. The molecule has 2 aromatic carbocycles. The number of carboxylic acid groups (broad SMARTS) is 2. The molecule has 0 saturated carbocycles. The number of anilines is 2. The molecule has 1 aromatic heterocycles. The number of hydrogen-bond acceptors (Lipinski definition) is 7. The van der Waals surface area contributed by atoms with E-state index in [0.29, 0.717) is 36.3 Å². The molecule has 0 radical (unpaired) electrons. The summed E-state index contributed by atoms with van der Waals surface area (Å²) in [5.74, 6) is -3.70. The number of rotatable bonds is 10. The summed E-state index contributed by atoms with van der Waals surface area (Å²) in [6.07, 6.45) is 2.30. The van der Waals surface area contributed by atoms with Crippen molar-refractivity contribution in [2.75, 3.05) is 19.0 Å². The smallest absolute Gasteiger partial charge is 0.339 e. The Hall–Kier alpha value is -4.78. The highest BCUT2D eigenvalue weighted by atomic mass is 19.1. The van der Waals surface area contributed by atoms with Crippen LogP contribution < -0.4 is 26.8 Å². The summed E-state index contributed by atoms with van der Waals surface area (Å²) in [4.78, 5) is 25.3. The lowest BCUT2D eigenvalue weighted by Crippen LogP contribution is -2.34. The summed E-state index contributed by atoms with van der Waals surface area (Å²) >= 11 is 0. The average molecular weight is 531 g/mol. The van der Waals surface area contributed by atoms with Gasteiger partial charge < -0.3 is 37.1 Å². The summed E-state index contributed by atoms with van der Waals surface area (Å²) in [5.41, 5.74) is 10.5. The van der Waals surface area contributed by atoms with Gasteiger partial charge >= 0.3 is 11.9 Å². The first kappa shape index (κ1) is 29.5. The molecular weight excluding hydrogens is 502 g/mol. The highest BCUT2D eigenvalue weighted by molar-refractivity contribution is 5.94. The lowest BCUT2D eigenvalue weighted by atomic mass is 10.0. The molecule has 0 bridgehead atoms. The SMILES string of the molecule is COc1cccc(-c2cc(F)c(Nc3ncccc3C(=O)O)c(F)c2)c1.N=C(N)NCCC[C@H](N)C(=O)O. The third-order valence-corrected chi connectivity index (χ3v) is 5.05. The van der Waals surface area contributed by atoms with Crippen LogP contribution in [0.1, 0.15) is 23.2 Å². The lowest BCUT2D eigenvalue weighted by Gasteiger charge is -2.12. The van der Waals surface area contributed by atoms with Crippen molar-refractivity contribution < 1.29 is 33.3 Å². The Morgan fingerprint density at radius 1 is 1.11 bits per heavy atom.